The lowest BCUT2D eigenvalue weighted by Gasteiger charge is -2.48. The number of rotatable bonds is 4. The molecular formula is C25H26O9. The number of phenols is 1. The second kappa shape index (κ2) is 6.41. The Labute approximate surface area is 195 Å². The number of ether oxygens (including phenoxy) is 6. The Kier molecular flexibility index (Phi) is 3.94. The maximum Gasteiger partial charge on any atom is 0.276 e. The summed E-state index contributed by atoms with van der Waals surface area (Å²) < 4.78 is 37.3. The molecule has 0 aromatic heterocycles. The van der Waals surface area contributed by atoms with Crippen molar-refractivity contribution in [3.05, 3.63) is 28.3 Å². The van der Waals surface area contributed by atoms with Gasteiger partial charge in [0.2, 0.25) is 11.4 Å². The molecule has 5 atom stereocenters. The van der Waals surface area contributed by atoms with Gasteiger partial charge in [-0.1, -0.05) is 0 Å². The number of aliphatic hydroxyl groups is 1. The molecule has 0 amide bonds. The average molecular weight is 470 g/mol. The van der Waals surface area contributed by atoms with Gasteiger partial charge >= 0.3 is 0 Å². The standard InChI is InChI=1S/C25H26O9/c1-11-9-13-17(18(28)16-12(19(13)29-2)5-4-6-14(16)27)20-15(11)21-22-25(30-3,33-20)23(10-31-23)24(32-21,34-22)7-8-26/h9,21-22,26,28H,4-8,10H2,1-3H3/t21?,22?,23-,24?,25-/m1/s1. The number of hydrogen-bond donors (Lipinski definition) is 2. The minimum absolute atomic E-state index is 0.109. The molecule has 180 valence electrons. The first-order chi connectivity index (χ1) is 16.4. The van der Waals surface area contributed by atoms with Crippen molar-refractivity contribution < 1.29 is 43.4 Å². The predicted octanol–water partition coefficient (Wildman–Crippen LogP) is 2.43. The summed E-state index contributed by atoms with van der Waals surface area (Å²) in [6.45, 7) is 2.08. The molecule has 4 heterocycles. The zero-order chi connectivity index (χ0) is 23.6. The van der Waals surface area contributed by atoms with E-state index in [-0.39, 0.29) is 31.2 Å². The predicted molar refractivity (Wildman–Crippen MR) is 116 cm³/mol. The van der Waals surface area contributed by atoms with E-state index >= 15 is 0 Å². The number of Topliss-reactive ketones (excluding diaryl/α,β-unsaturated/α-hetero) is 1. The number of phenolic OH excluding ortho intramolecular Hbond substituents is 1. The van der Waals surface area contributed by atoms with Crippen LogP contribution in [0.2, 0.25) is 0 Å². The van der Waals surface area contributed by atoms with Gasteiger partial charge in [-0.2, -0.15) is 0 Å². The number of aryl methyl sites for hydroxylation is 1. The Morgan fingerprint density at radius 1 is 1.24 bits per heavy atom. The van der Waals surface area contributed by atoms with Crippen LogP contribution in [0.1, 0.15) is 52.4 Å². The number of fused-ring (bicyclic) bond motifs is 8. The number of ketones is 1. The second-order valence-corrected chi connectivity index (χ2v) is 9.76. The molecule has 7 rings (SSSR count). The zero-order valence-corrected chi connectivity index (χ0v) is 19.2. The van der Waals surface area contributed by atoms with Crippen LogP contribution in [-0.2, 0) is 25.4 Å². The lowest BCUT2D eigenvalue weighted by molar-refractivity contribution is -0.290. The van der Waals surface area contributed by atoms with E-state index in [1.807, 2.05) is 13.0 Å². The van der Waals surface area contributed by atoms with Crippen LogP contribution in [0.5, 0.6) is 17.2 Å². The highest BCUT2D eigenvalue weighted by Gasteiger charge is 2.90. The van der Waals surface area contributed by atoms with Gasteiger partial charge < -0.3 is 38.6 Å². The molecule has 1 aliphatic carbocycles. The van der Waals surface area contributed by atoms with Gasteiger partial charge in [0.1, 0.15) is 23.4 Å². The van der Waals surface area contributed by atoms with Crippen molar-refractivity contribution in [3.8, 4) is 17.2 Å². The van der Waals surface area contributed by atoms with Crippen molar-refractivity contribution in [2.75, 3.05) is 27.4 Å². The Bertz CT molecular complexity index is 1280. The zero-order valence-electron chi connectivity index (χ0n) is 19.2. The summed E-state index contributed by atoms with van der Waals surface area (Å²) in [5.41, 5.74) is 1.57. The van der Waals surface area contributed by atoms with E-state index in [4.69, 9.17) is 28.4 Å². The summed E-state index contributed by atoms with van der Waals surface area (Å²) in [7, 11) is 3.11. The minimum Gasteiger partial charge on any atom is -0.506 e. The number of carbonyl (C=O) groups is 1. The van der Waals surface area contributed by atoms with Crippen molar-refractivity contribution in [2.24, 2.45) is 0 Å². The van der Waals surface area contributed by atoms with Gasteiger partial charge in [-0.15, -0.1) is 0 Å². The molecule has 4 aliphatic heterocycles. The molecule has 0 radical (unpaired) electrons. The number of aliphatic hydroxyl groups excluding tert-OH is 1. The topological polar surface area (TPSA) is 116 Å². The van der Waals surface area contributed by atoms with E-state index in [9.17, 15) is 15.0 Å². The molecule has 34 heavy (non-hydrogen) atoms. The average Bonchev–Trinajstić information content (AvgIpc) is 3.49. The fraction of sp³-hybridized carbons (Fsp3) is 0.560. The Hall–Kier alpha value is -2.43. The fourth-order valence-electron chi connectivity index (χ4n) is 6.85. The van der Waals surface area contributed by atoms with Gasteiger partial charge in [-0.05, 0) is 31.4 Å². The molecule has 5 aliphatic rings. The second-order valence-electron chi connectivity index (χ2n) is 9.76. The third-order valence-electron chi connectivity index (χ3n) is 8.31. The van der Waals surface area contributed by atoms with Crippen LogP contribution in [0.4, 0.5) is 0 Å². The summed E-state index contributed by atoms with van der Waals surface area (Å²) >= 11 is 0. The summed E-state index contributed by atoms with van der Waals surface area (Å²) in [6, 6.07) is 1.94. The molecule has 2 N–H and O–H groups in total. The SMILES string of the molecule is COc1c2c(c(O)c3c4c(c(C)cc13)C1OC3(CCO)OC1[C@@](OC)(O4)[C@@]31CO1)C(=O)CCC2. The highest BCUT2D eigenvalue weighted by molar-refractivity contribution is 6.11. The monoisotopic (exact) mass is 470 g/mol. The number of benzene rings is 2. The smallest absolute Gasteiger partial charge is 0.276 e. The molecular weight excluding hydrogens is 444 g/mol. The molecule has 9 heteroatoms. The third kappa shape index (κ3) is 2.05. The van der Waals surface area contributed by atoms with Crippen molar-refractivity contribution in [2.45, 2.75) is 62.0 Å². The molecule has 2 aromatic carbocycles. The number of methoxy groups -OCH3 is 2. The summed E-state index contributed by atoms with van der Waals surface area (Å²) in [6.07, 6.45) is 0.744. The van der Waals surface area contributed by atoms with Crippen LogP contribution in [0.15, 0.2) is 6.07 Å². The van der Waals surface area contributed by atoms with Gasteiger partial charge in [-0.25, -0.2) is 0 Å². The lowest BCUT2D eigenvalue weighted by Crippen LogP contribution is -2.67. The molecule has 2 bridgehead atoms. The molecule has 2 aromatic rings. The van der Waals surface area contributed by atoms with E-state index in [0.29, 0.717) is 47.1 Å². The van der Waals surface area contributed by atoms with Crippen LogP contribution < -0.4 is 9.47 Å². The minimum atomic E-state index is -1.33. The van der Waals surface area contributed by atoms with Crippen LogP contribution in [-0.4, -0.2) is 66.7 Å². The maximum absolute atomic E-state index is 12.9. The first kappa shape index (κ1) is 20.9. The van der Waals surface area contributed by atoms with Crippen LogP contribution >= 0.6 is 0 Å². The number of aromatic hydroxyl groups is 1. The van der Waals surface area contributed by atoms with Gasteiger partial charge in [0.05, 0.1) is 24.7 Å². The first-order valence-electron chi connectivity index (χ1n) is 11.7. The highest BCUT2D eigenvalue weighted by Crippen LogP contribution is 2.71. The molecule has 9 nitrogen and oxygen atoms in total. The molecule has 3 fully saturated rings. The van der Waals surface area contributed by atoms with Crippen molar-refractivity contribution in [1.82, 2.24) is 0 Å². The Morgan fingerprint density at radius 2 is 2.03 bits per heavy atom. The Morgan fingerprint density at radius 3 is 2.71 bits per heavy atom. The first-order valence-corrected chi connectivity index (χ1v) is 11.7. The summed E-state index contributed by atoms with van der Waals surface area (Å²) in [5, 5.41) is 22.3. The van der Waals surface area contributed by atoms with E-state index in [1.54, 1.807) is 7.11 Å². The van der Waals surface area contributed by atoms with Gasteiger partial charge in [0.25, 0.3) is 5.79 Å². The summed E-state index contributed by atoms with van der Waals surface area (Å²) in [5.74, 6) is -1.80. The van der Waals surface area contributed by atoms with E-state index in [0.717, 1.165) is 16.7 Å². The van der Waals surface area contributed by atoms with E-state index in [1.165, 1.54) is 7.11 Å². The van der Waals surface area contributed by atoms with Crippen LogP contribution in [0.3, 0.4) is 0 Å². The van der Waals surface area contributed by atoms with Gasteiger partial charge in [-0.3, -0.25) is 4.79 Å². The molecule has 1 spiro atoms. The largest absolute Gasteiger partial charge is 0.506 e. The lowest BCUT2D eigenvalue weighted by atomic mass is 9.78. The molecule has 0 saturated carbocycles. The van der Waals surface area contributed by atoms with Gasteiger partial charge in [0, 0.05) is 43.1 Å². The summed E-state index contributed by atoms with van der Waals surface area (Å²) in [4.78, 5) is 12.9. The highest BCUT2D eigenvalue weighted by atomic mass is 16.9. The van der Waals surface area contributed by atoms with Crippen molar-refractivity contribution in [1.29, 1.82) is 0 Å². The third-order valence-corrected chi connectivity index (χ3v) is 8.31. The van der Waals surface area contributed by atoms with Gasteiger partial charge in [0.15, 0.2) is 11.9 Å². The van der Waals surface area contributed by atoms with Crippen molar-refractivity contribution in [3.63, 3.8) is 0 Å². The fourth-order valence-corrected chi connectivity index (χ4v) is 6.85. The quantitative estimate of drug-likeness (QED) is 0.650. The maximum atomic E-state index is 12.9. The number of epoxide rings is 1. The normalized spacial score (nSPS) is 36.5. The Balaban J connectivity index is 1.55. The van der Waals surface area contributed by atoms with Crippen molar-refractivity contribution >= 4 is 16.6 Å². The van der Waals surface area contributed by atoms with E-state index in [2.05, 4.69) is 0 Å². The molecule has 3 unspecified atom stereocenters. The number of hydrogen-bond acceptors (Lipinski definition) is 9. The van der Waals surface area contributed by atoms with E-state index < -0.39 is 29.4 Å². The van der Waals surface area contributed by atoms with Crippen LogP contribution in [0.25, 0.3) is 10.8 Å². The van der Waals surface area contributed by atoms with Crippen LogP contribution in [0, 0.1) is 6.92 Å². The number of carbonyl (C=O) groups excluding carboxylic acids is 1. The molecule has 3 saturated heterocycles.